The van der Waals surface area contributed by atoms with E-state index in [1.807, 2.05) is 61.5 Å². The third kappa shape index (κ3) is 4.93. The Morgan fingerprint density at radius 1 is 0.621 bits per heavy atom. The van der Waals surface area contributed by atoms with Gasteiger partial charge in [-0.2, -0.15) is 20.5 Å². The smallest absolute Gasteiger partial charge is 0.0887 e. The molecule has 0 atom stereocenters. The van der Waals surface area contributed by atoms with Gasteiger partial charge in [0.05, 0.1) is 22.7 Å². The lowest BCUT2D eigenvalue weighted by molar-refractivity contribution is 0.949. The minimum atomic E-state index is 0.806. The molecule has 0 saturated carbocycles. The molecule has 1 aliphatic rings. The number of rotatable bonds is 5. The highest BCUT2D eigenvalue weighted by Crippen LogP contribution is 2.28. The summed E-state index contributed by atoms with van der Waals surface area (Å²) in [6.07, 6.45) is 2.56. The molecule has 146 valence electrons. The van der Waals surface area contributed by atoms with E-state index in [0.29, 0.717) is 0 Å². The molecule has 4 rings (SSSR count). The molecule has 1 saturated heterocycles. The highest BCUT2D eigenvalue weighted by molar-refractivity contribution is 5.55. The predicted octanol–water partition coefficient (Wildman–Crippen LogP) is 7.73. The van der Waals surface area contributed by atoms with Crippen molar-refractivity contribution >= 4 is 28.4 Å². The Kier molecular flexibility index (Phi) is 5.75. The van der Waals surface area contributed by atoms with Crippen molar-refractivity contribution < 1.29 is 0 Å². The number of nitrogens with zero attached hydrogens (tertiary/aromatic N) is 5. The van der Waals surface area contributed by atoms with Gasteiger partial charge in [-0.15, -0.1) is 0 Å². The van der Waals surface area contributed by atoms with Crippen molar-refractivity contribution in [1.82, 2.24) is 0 Å². The van der Waals surface area contributed by atoms with Crippen molar-refractivity contribution in [2.75, 3.05) is 18.0 Å². The lowest BCUT2D eigenvalue weighted by atomic mass is 10.2. The van der Waals surface area contributed by atoms with Gasteiger partial charge in [0.1, 0.15) is 0 Å². The van der Waals surface area contributed by atoms with Crippen molar-refractivity contribution in [2.24, 2.45) is 20.5 Å². The van der Waals surface area contributed by atoms with Crippen LogP contribution in [0.25, 0.3) is 0 Å². The molecular formula is C24H25N5. The van der Waals surface area contributed by atoms with Gasteiger partial charge in [-0.3, -0.25) is 0 Å². The third-order valence-electron chi connectivity index (χ3n) is 5.09. The number of hydrogen-bond acceptors (Lipinski definition) is 5. The zero-order chi connectivity index (χ0) is 20.1. The van der Waals surface area contributed by atoms with E-state index in [9.17, 15) is 0 Å². The molecule has 5 nitrogen and oxygen atoms in total. The van der Waals surface area contributed by atoms with E-state index in [-0.39, 0.29) is 0 Å². The molecule has 0 bridgehead atoms. The number of aryl methyl sites for hydroxylation is 2. The van der Waals surface area contributed by atoms with Crippen LogP contribution in [0.2, 0.25) is 0 Å². The molecule has 0 radical (unpaired) electrons. The van der Waals surface area contributed by atoms with Crippen LogP contribution in [0.3, 0.4) is 0 Å². The average Bonchev–Trinajstić information content (AvgIpc) is 3.28. The van der Waals surface area contributed by atoms with Gasteiger partial charge < -0.3 is 4.90 Å². The zero-order valence-electron chi connectivity index (χ0n) is 16.9. The second kappa shape index (κ2) is 8.78. The van der Waals surface area contributed by atoms with Crippen molar-refractivity contribution in [3.8, 4) is 0 Å². The summed E-state index contributed by atoms with van der Waals surface area (Å²) in [6.45, 7) is 6.36. The van der Waals surface area contributed by atoms with Crippen molar-refractivity contribution in [2.45, 2.75) is 26.7 Å². The second-order valence-electron chi connectivity index (χ2n) is 7.42. The summed E-state index contributed by atoms with van der Waals surface area (Å²) in [5.41, 5.74) is 6.83. The highest BCUT2D eigenvalue weighted by atomic mass is 15.1. The molecule has 0 aliphatic carbocycles. The van der Waals surface area contributed by atoms with Gasteiger partial charge in [-0.05, 0) is 86.8 Å². The fourth-order valence-corrected chi connectivity index (χ4v) is 3.36. The Balaban J connectivity index is 1.42. The number of anilines is 1. The third-order valence-corrected chi connectivity index (χ3v) is 5.09. The molecule has 29 heavy (non-hydrogen) atoms. The topological polar surface area (TPSA) is 52.7 Å². The molecule has 0 spiro atoms. The normalized spacial score (nSPS) is 14.3. The minimum absolute atomic E-state index is 0.806. The zero-order valence-corrected chi connectivity index (χ0v) is 16.9. The fourth-order valence-electron chi connectivity index (χ4n) is 3.36. The number of hydrogen-bond donors (Lipinski definition) is 0. The van der Waals surface area contributed by atoms with Gasteiger partial charge >= 0.3 is 0 Å². The van der Waals surface area contributed by atoms with E-state index in [1.165, 1.54) is 24.1 Å². The summed E-state index contributed by atoms with van der Waals surface area (Å²) in [4.78, 5) is 2.41. The molecule has 5 heteroatoms. The Hall–Kier alpha value is -3.34. The van der Waals surface area contributed by atoms with E-state index in [2.05, 4.69) is 44.4 Å². The molecule has 1 heterocycles. The maximum Gasteiger partial charge on any atom is 0.0887 e. The molecule has 1 aliphatic heterocycles. The number of benzene rings is 3. The van der Waals surface area contributed by atoms with E-state index < -0.39 is 0 Å². The lowest BCUT2D eigenvalue weighted by Gasteiger charge is -2.17. The summed E-state index contributed by atoms with van der Waals surface area (Å²) in [5, 5.41) is 17.4. The molecule has 3 aromatic carbocycles. The van der Waals surface area contributed by atoms with Crippen LogP contribution in [-0.2, 0) is 0 Å². The largest absolute Gasteiger partial charge is 0.372 e. The van der Waals surface area contributed by atoms with Crippen LogP contribution in [0, 0.1) is 13.8 Å². The average molecular weight is 383 g/mol. The van der Waals surface area contributed by atoms with Crippen molar-refractivity contribution in [3.05, 3.63) is 77.9 Å². The van der Waals surface area contributed by atoms with Gasteiger partial charge in [0.2, 0.25) is 0 Å². The Morgan fingerprint density at radius 3 is 1.83 bits per heavy atom. The maximum atomic E-state index is 4.37. The summed E-state index contributed by atoms with van der Waals surface area (Å²) < 4.78 is 0. The SMILES string of the molecule is Cc1ccc(N=Nc2ccc(N=Nc3ccc(N4CCCC4)cc3)cc2C)cc1. The summed E-state index contributed by atoms with van der Waals surface area (Å²) in [5.74, 6) is 0. The van der Waals surface area contributed by atoms with E-state index >= 15 is 0 Å². The van der Waals surface area contributed by atoms with E-state index in [0.717, 1.165) is 41.4 Å². The van der Waals surface area contributed by atoms with Crippen molar-refractivity contribution in [1.29, 1.82) is 0 Å². The molecule has 3 aromatic rings. The maximum absolute atomic E-state index is 4.37. The van der Waals surface area contributed by atoms with E-state index in [1.54, 1.807) is 0 Å². The van der Waals surface area contributed by atoms with Gasteiger partial charge in [0.25, 0.3) is 0 Å². The highest BCUT2D eigenvalue weighted by Gasteiger charge is 2.11. The predicted molar refractivity (Wildman–Crippen MR) is 119 cm³/mol. The van der Waals surface area contributed by atoms with Crippen LogP contribution in [0.4, 0.5) is 28.4 Å². The summed E-state index contributed by atoms with van der Waals surface area (Å²) in [6, 6.07) is 22.1. The molecule has 1 fully saturated rings. The van der Waals surface area contributed by atoms with Gasteiger partial charge in [0.15, 0.2) is 0 Å². The van der Waals surface area contributed by atoms with Crippen LogP contribution < -0.4 is 4.90 Å². The number of azo groups is 2. The standard InChI is InChI=1S/C24H25N5/c1-18-5-7-20(8-6-18)26-28-24-14-11-22(17-19(24)2)27-25-21-9-12-23(13-10-21)29-15-3-4-16-29/h5-14,17H,3-4,15-16H2,1-2H3. The Labute approximate surface area is 171 Å². The van der Waals surface area contributed by atoms with Crippen LogP contribution in [0.5, 0.6) is 0 Å². The molecule has 0 N–H and O–H groups in total. The Bertz CT molecular complexity index is 1010. The monoisotopic (exact) mass is 383 g/mol. The first-order valence-electron chi connectivity index (χ1n) is 10.0. The first kappa shape index (κ1) is 19.0. The quantitative estimate of drug-likeness (QED) is 0.416. The Morgan fingerprint density at radius 2 is 1.17 bits per heavy atom. The van der Waals surface area contributed by atoms with Crippen LogP contribution >= 0.6 is 0 Å². The fraction of sp³-hybridized carbons (Fsp3) is 0.250. The molecular weight excluding hydrogens is 358 g/mol. The van der Waals surface area contributed by atoms with Crippen molar-refractivity contribution in [3.63, 3.8) is 0 Å². The van der Waals surface area contributed by atoms with Gasteiger partial charge in [-0.25, -0.2) is 0 Å². The molecule has 0 amide bonds. The molecule has 0 unspecified atom stereocenters. The lowest BCUT2D eigenvalue weighted by Crippen LogP contribution is -2.17. The second-order valence-corrected chi connectivity index (χ2v) is 7.42. The minimum Gasteiger partial charge on any atom is -0.372 e. The van der Waals surface area contributed by atoms with Crippen LogP contribution in [0.15, 0.2) is 87.2 Å². The first-order valence-corrected chi connectivity index (χ1v) is 10.0. The first-order chi connectivity index (χ1) is 14.2. The summed E-state index contributed by atoms with van der Waals surface area (Å²) in [7, 11) is 0. The van der Waals surface area contributed by atoms with Gasteiger partial charge in [-0.1, -0.05) is 17.7 Å². The van der Waals surface area contributed by atoms with Gasteiger partial charge in [0, 0.05) is 18.8 Å². The van der Waals surface area contributed by atoms with E-state index in [4.69, 9.17) is 0 Å². The molecule has 0 aromatic heterocycles. The van der Waals surface area contributed by atoms with Crippen LogP contribution in [0.1, 0.15) is 24.0 Å². The van der Waals surface area contributed by atoms with Crippen LogP contribution in [-0.4, -0.2) is 13.1 Å². The summed E-state index contributed by atoms with van der Waals surface area (Å²) >= 11 is 0.